The van der Waals surface area contributed by atoms with Crippen molar-refractivity contribution in [1.82, 2.24) is 15.1 Å². The minimum absolute atomic E-state index is 0.356. The number of nitrogens with zero attached hydrogens (tertiary/aromatic N) is 4. The van der Waals surface area contributed by atoms with Gasteiger partial charge in [-0.25, -0.2) is 8.78 Å². The van der Waals surface area contributed by atoms with Crippen molar-refractivity contribution in [2.45, 2.75) is 13.3 Å². The number of rotatable bonds is 4. The third-order valence-corrected chi connectivity index (χ3v) is 5.38. The van der Waals surface area contributed by atoms with Crippen LogP contribution < -0.4 is 4.90 Å². The molecule has 0 spiro atoms. The Morgan fingerprint density at radius 1 is 0.900 bits per heavy atom. The van der Waals surface area contributed by atoms with E-state index in [1.165, 1.54) is 16.5 Å². The molecule has 0 atom stereocenters. The second-order valence-electron chi connectivity index (χ2n) is 7.20. The molecular formula is C23H22F2N4O. The molecule has 1 aromatic heterocycles. The summed E-state index contributed by atoms with van der Waals surface area (Å²) in [7, 11) is 0. The minimum Gasteiger partial charge on any atom is -0.352 e. The van der Waals surface area contributed by atoms with E-state index < -0.39 is 23.1 Å². The first kappa shape index (κ1) is 19.9. The van der Waals surface area contributed by atoms with E-state index in [0.29, 0.717) is 32.0 Å². The zero-order valence-corrected chi connectivity index (χ0v) is 16.7. The number of aryl methyl sites for hydroxylation is 1. The lowest BCUT2D eigenvalue weighted by Crippen LogP contribution is -2.49. The maximum Gasteiger partial charge on any atom is 0.259 e. The van der Waals surface area contributed by atoms with E-state index in [1.54, 1.807) is 0 Å². The van der Waals surface area contributed by atoms with E-state index in [9.17, 15) is 13.6 Å². The molecule has 0 unspecified atom stereocenters. The van der Waals surface area contributed by atoms with Crippen LogP contribution >= 0.6 is 0 Å². The van der Waals surface area contributed by atoms with E-state index in [-0.39, 0.29) is 0 Å². The van der Waals surface area contributed by atoms with Gasteiger partial charge in [0.2, 0.25) is 0 Å². The van der Waals surface area contributed by atoms with Crippen LogP contribution in [0.4, 0.5) is 14.6 Å². The second-order valence-corrected chi connectivity index (χ2v) is 7.20. The predicted octanol–water partition coefficient (Wildman–Crippen LogP) is 3.95. The van der Waals surface area contributed by atoms with Crippen molar-refractivity contribution < 1.29 is 13.6 Å². The highest BCUT2D eigenvalue weighted by atomic mass is 19.1. The molecule has 0 N–H and O–H groups in total. The number of amides is 1. The quantitative estimate of drug-likeness (QED) is 0.656. The highest BCUT2D eigenvalue weighted by Crippen LogP contribution is 2.21. The molecule has 2 aromatic carbocycles. The molecule has 0 aliphatic carbocycles. The van der Waals surface area contributed by atoms with Crippen LogP contribution in [-0.4, -0.2) is 47.2 Å². The molecule has 1 saturated heterocycles. The number of anilines is 1. The molecule has 30 heavy (non-hydrogen) atoms. The Balaban J connectivity index is 1.41. The van der Waals surface area contributed by atoms with E-state index in [2.05, 4.69) is 29.3 Å². The number of carbonyl (C=O) groups excluding carboxylic acids is 1. The first-order chi connectivity index (χ1) is 14.6. The van der Waals surface area contributed by atoms with Crippen LogP contribution in [0.2, 0.25) is 0 Å². The molecule has 4 rings (SSSR count). The third-order valence-electron chi connectivity index (χ3n) is 5.38. The van der Waals surface area contributed by atoms with Crippen LogP contribution in [0.1, 0.15) is 22.8 Å². The minimum atomic E-state index is -0.837. The summed E-state index contributed by atoms with van der Waals surface area (Å²) in [5, 5.41) is 8.66. The highest BCUT2D eigenvalue weighted by molar-refractivity contribution is 5.95. The van der Waals surface area contributed by atoms with Gasteiger partial charge in [0.1, 0.15) is 17.2 Å². The maximum atomic E-state index is 13.9. The van der Waals surface area contributed by atoms with Gasteiger partial charge < -0.3 is 9.80 Å². The smallest absolute Gasteiger partial charge is 0.259 e. The van der Waals surface area contributed by atoms with Crippen molar-refractivity contribution in [2.24, 2.45) is 0 Å². The van der Waals surface area contributed by atoms with Gasteiger partial charge in [-0.1, -0.05) is 37.3 Å². The summed E-state index contributed by atoms with van der Waals surface area (Å²) in [4.78, 5) is 16.0. The van der Waals surface area contributed by atoms with Gasteiger partial charge in [0.25, 0.3) is 5.91 Å². The number of hydrogen-bond acceptors (Lipinski definition) is 4. The Labute approximate surface area is 174 Å². The van der Waals surface area contributed by atoms with Crippen molar-refractivity contribution in [2.75, 3.05) is 31.1 Å². The zero-order chi connectivity index (χ0) is 21.1. The van der Waals surface area contributed by atoms with Crippen LogP contribution in [0.25, 0.3) is 11.3 Å². The topological polar surface area (TPSA) is 49.3 Å². The van der Waals surface area contributed by atoms with Gasteiger partial charge in [-0.2, -0.15) is 0 Å². The summed E-state index contributed by atoms with van der Waals surface area (Å²) in [6, 6.07) is 15.5. The summed E-state index contributed by atoms with van der Waals surface area (Å²) >= 11 is 0. The maximum absolute atomic E-state index is 13.9. The van der Waals surface area contributed by atoms with Crippen LogP contribution in [0.15, 0.2) is 54.6 Å². The number of aromatic nitrogens is 2. The lowest BCUT2D eigenvalue weighted by molar-refractivity contribution is 0.0736. The van der Waals surface area contributed by atoms with Crippen molar-refractivity contribution in [3.63, 3.8) is 0 Å². The molecule has 1 amide bonds. The van der Waals surface area contributed by atoms with Gasteiger partial charge in [-0.05, 0) is 36.2 Å². The molecule has 7 heteroatoms. The first-order valence-electron chi connectivity index (χ1n) is 9.98. The first-order valence-corrected chi connectivity index (χ1v) is 9.98. The summed E-state index contributed by atoms with van der Waals surface area (Å²) < 4.78 is 27.8. The largest absolute Gasteiger partial charge is 0.352 e. The van der Waals surface area contributed by atoms with Crippen LogP contribution in [0.5, 0.6) is 0 Å². The highest BCUT2D eigenvalue weighted by Gasteiger charge is 2.27. The fourth-order valence-electron chi connectivity index (χ4n) is 3.56. The molecule has 0 bridgehead atoms. The fraction of sp³-hybridized carbons (Fsp3) is 0.261. The Hall–Kier alpha value is -3.35. The van der Waals surface area contributed by atoms with Crippen molar-refractivity contribution in [3.8, 4) is 11.3 Å². The Morgan fingerprint density at radius 2 is 1.57 bits per heavy atom. The Bertz CT molecular complexity index is 1010. The van der Waals surface area contributed by atoms with E-state index in [0.717, 1.165) is 29.8 Å². The Morgan fingerprint density at radius 3 is 2.13 bits per heavy atom. The van der Waals surface area contributed by atoms with Crippen molar-refractivity contribution in [1.29, 1.82) is 0 Å². The molecule has 1 aliphatic heterocycles. The van der Waals surface area contributed by atoms with Gasteiger partial charge in [-0.3, -0.25) is 4.79 Å². The molecule has 5 nitrogen and oxygen atoms in total. The van der Waals surface area contributed by atoms with E-state index in [1.807, 2.05) is 29.2 Å². The van der Waals surface area contributed by atoms with Gasteiger partial charge in [-0.15, -0.1) is 10.2 Å². The Kier molecular flexibility index (Phi) is 5.70. The predicted molar refractivity (Wildman–Crippen MR) is 111 cm³/mol. The summed E-state index contributed by atoms with van der Waals surface area (Å²) in [5.74, 6) is -1.58. The molecule has 1 fully saturated rings. The number of benzene rings is 2. The molecule has 0 saturated carbocycles. The number of carbonyl (C=O) groups is 1. The summed E-state index contributed by atoms with van der Waals surface area (Å²) in [6.45, 7) is 3.86. The number of hydrogen-bond donors (Lipinski definition) is 0. The standard InChI is InChI=1S/C23H22F2N4O/c1-2-16-6-8-17(9-7-16)20-10-11-21(27-26-20)28-12-14-29(15-13-28)23(30)22-18(24)4-3-5-19(22)25/h3-11H,2,12-15H2,1H3. The van der Waals surface area contributed by atoms with Crippen LogP contribution in [0.3, 0.4) is 0 Å². The molecular weight excluding hydrogens is 386 g/mol. The van der Waals surface area contributed by atoms with Crippen LogP contribution in [0, 0.1) is 11.6 Å². The lowest BCUT2D eigenvalue weighted by atomic mass is 10.1. The average molecular weight is 408 g/mol. The monoisotopic (exact) mass is 408 g/mol. The second kappa shape index (κ2) is 8.57. The summed E-state index contributed by atoms with van der Waals surface area (Å²) in [5.41, 5.74) is 2.58. The van der Waals surface area contributed by atoms with Gasteiger partial charge in [0.05, 0.1) is 5.69 Å². The molecule has 2 heterocycles. The van der Waals surface area contributed by atoms with Crippen molar-refractivity contribution in [3.05, 3.63) is 77.4 Å². The van der Waals surface area contributed by atoms with Gasteiger partial charge in [0.15, 0.2) is 5.82 Å². The fourth-order valence-corrected chi connectivity index (χ4v) is 3.56. The number of piperazine rings is 1. The molecule has 1 aliphatic rings. The number of halogens is 2. The zero-order valence-electron chi connectivity index (χ0n) is 16.7. The normalized spacial score (nSPS) is 14.1. The molecule has 3 aromatic rings. The van der Waals surface area contributed by atoms with Crippen molar-refractivity contribution >= 4 is 11.7 Å². The third kappa shape index (κ3) is 4.01. The molecule has 154 valence electrons. The van der Waals surface area contributed by atoms with Crippen LogP contribution in [-0.2, 0) is 6.42 Å². The van der Waals surface area contributed by atoms with E-state index >= 15 is 0 Å². The van der Waals surface area contributed by atoms with Gasteiger partial charge in [0, 0.05) is 31.7 Å². The SMILES string of the molecule is CCc1ccc(-c2ccc(N3CCN(C(=O)c4c(F)cccc4F)CC3)nn2)cc1. The summed E-state index contributed by atoms with van der Waals surface area (Å²) in [6.07, 6.45) is 0.989. The van der Waals surface area contributed by atoms with Gasteiger partial charge >= 0.3 is 0 Å². The lowest BCUT2D eigenvalue weighted by Gasteiger charge is -2.35. The average Bonchev–Trinajstić information content (AvgIpc) is 2.79. The van der Waals surface area contributed by atoms with E-state index in [4.69, 9.17) is 0 Å². The molecule has 0 radical (unpaired) electrons.